The van der Waals surface area contributed by atoms with Crippen LogP contribution in [0.3, 0.4) is 0 Å². The van der Waals surface area contributed by atoms with Crippen LogP contribution in [0.5, 0.6) is 34.9 Å². The molecule has 6 aromatic rings. The van der Waals surface area contributed by atoms with E-state index in [-0.39, 0.29) is 130 Å². The summed E-state index contributed by atoms with van der Waals surface area (Å²) in [6.07, 6.45) is 8.93. The minimum Gasteiger partial charge on any atom is -0.540 e. The number of carbonyl (C=O) groups excluding carboxylic acids is 9. The Labute approximate surface area is 801 Å². The fraction of sp³-hybridized carbons (Fsp3) is 0.656. The van der Waals surface area contributed by atoms with Crippen molar-refractivity contribution < 1.29 is 168 Å². The third-order valence-corrected chi connectivity index (χ3v) is 28.0. The van der Waals surface area contributed by atoms with Gasteiger partial charge in [-0.05, 0) is 167 Å². The second-order valence-electron chi connectivity index (χ2n) is 40.0. The van der Waals surface area contributed by atoms with E-state index in [1.54, 1.807) is 129 Å². The number of halogens is 6. The number of carbonyl (C=O) groups is 6. The van der Waals surface area contributed by atoms with Gasteiger partial charge in [0.15, 0.2) is 6.10 Å². The molecule has 4 saturated carbocycles. The largest absolute Gasteiger partial charge is 0.540 e. The van der Waals surface area contributed by atoms with Crippen LogP contribution in [0.4, 0.5) is 26.3 Å². The quantitative estimate of drug-likeness (QED) is 0.0591. The van der Waals surface area contributed by atoms with Crippen LogP contribution in [0.1, 0.15) is 208 Å². The van der Waals surface area contributed by atoms with E-state index < -0.39 is 149 Å². The predicted molar refractivity (Wildman–Crippen MR) is 458 cm³/mol. The fourth-order valence-electron chi connectivity index (χ4n) is 19.9. The zero-order valence-electron chi connectivity index (χ0n) is 76.9. The van der Waals surface area contributed by atoms with Gasteiger partial charge >= 0.3 is 17.9 Å². The molecule has 0 N–H and O–H groups in total. The Bertz CT molecular complexity index is 5170. The Morgan fingerprint density at radius 2 is 0.826 bits per heavy atom. The molecule has 9 heterocycles. The second-order valence-corrected chi connectivity index (χ2v) is 40.0. The molecule has 3 aromatic heterocycles. The molecule has 10 aliphatic rings. The molecular weight excluding hydrogens is 1830 g/mol. The average molecular weight is 1950 g/mol. The summed E-state index contributed by atoms with van der Waals surface area (Å²) >= 11 is 0. The molecule has 19 atom stereocenters. The normalized spacial score (nSPS) is 30.0. The molecule has 0 spiro atoms. The summed E-state index contributed by atoms with van der Waals surface area (Å²) in [6, 6.07) is 10.4. The molecular formula is C96H118F6N9O18V3-3. The topological polar surface area (TPSA) is 324 Å². The number of amides is 3. The molecule has 2 unspecified atom stereocenters. The van der Waals surface area contributed by atoms with Crippen molar-refractivity contribution in [2.24, 2.45) is 75.4 Å². The minimum absolute atomic E-state index is 0. The van der Waals surface area contributed by atoms with Crippen molar-refractivity contribution in [3.05, 3.63) is 71.7 Å². The molecule has 3 saturated heterocycles. The maximum atomic E-state index is 15.8. The average Bonchev–Trinajstić information content (AvgIpc) is 1.60. The number of benzene rings is 3. The van der Waals surface area contributed by atoms with Crippen LogP contribution < -0.4 is 28.4 Å². The molecule has 36 heteroatoms. The maximum Gasteiger partial charge on any atom is 0.307 e. The zero-order chi connectivity index (χ0) is 92.7. The van der Waals surface area contributed by atoms with Crippen molar-refractivity contribution in [2.45, 2.75) is 284 Å². The number of methoxy groups -OCH3 is 3. The van der Waals surface area contributed by atoms with Gasteiger partial charge in [-0.3, -0.25) is 28.8 Å². The first-order chi connectivity index (χ1) is 61.2. The molecule has 4 aliphatic carbocycles. The van der Waals surface area contributed by atoms with Crippen LogP contribution in [-0.4, -0.2) is 213 Å². The van der Waals surface area contributed by atoms with Crippen molar-refractivity contribution in [1.82, 2.24) is 44.6 Å². The van der Waals surface area contributed by atoms with Gasteiger partial charge in [-0.15, -0.1) is 0 Å². The molecule has 715 valence electrons. The standard InChI is InChI=1S/C33H40F2N3O6.C32H40F2N3O6.C31H38F2N3O6.3V/c1-32(2,3)22-15-29(40)43-26-13-18-12-21(18)20(26)8-6-5-7-9-24-30(37-25-14-19(42-4)10-11-23(25)36-24)44-28-16-38(31(22)41)27(17-39)33(28,34)35;1-31(2,3)20-14-26(39)43-32(4)15-18(32)9-7-6-8-10-22-29(36-23-13-19(41-5)11-12-21(23)35-22)42-25-16-37(30(20)40)24(17-38)27(25)28(33)34;1-31(2,3)19-14-26(38)41-24-12-17(24)8-6-5-7-9-21-29(35-22-13-18(40-4)10-11-20(22)34-21)42-25-15-36(30(19)39)23(16-37)27(25)28(32)33;;;/h10-11,14,18,20-22,26-28H,5-9,12-13,15-16H2,1-4H3;11-13,18,20,24-25,27-28H,6-10,14-16H2,1-5H3;10-11,13,17,19,23-25,27-28H,5-9,12,14-15H2,1-4H3;;;/q3*-1;;;/t18?,20-,21?,22-,26-,27-,28+;18-,20-,24-,25+,27+,32-;17-,19-,23-,24-,25+,27+;;;/m111.../s1. The molecule has 6 bridgehead atoms. The van der Waals surface area contributed by atoms with Crippen molar-refractivity contribution in [1.29, 1.82) is 0 Å². The number of esters is 3. The molecule has 3 radical (unpaired) electrons. The van der Waals surface area contributed by atoms with Gasteiger partial charge in [0.25, 0.3) is 5.92 Å². The Kier molecular flexibility index (Phi) is 33.9. The Morgan fingerprint density at radius 1 is 0.432 bits per heavy atom. The smallest absolute Gasteiger partial charge is 0.307 e. The van der Waals surface area contributed by atoms with E-state index in [0.29, 0.717) is 104 Å². The van der Waals surface area contributed by atoms with Gasteiger partial charge < -0.3 is 71.7 Å². The van der Waals surface area contributed by atoms with Crippen LogP contribution in [0.25, 0.3) is 33.1 Å². The molecule has 132 heavy (non-hydrogen) atoms. The number of hydrogen-bond donors (Lipinski definition) is 0. The van der Waals surface area contributed by atoms with Crippen molar-refractivity contribution in [3.8, 4) is 34.9 Å². The van der Waals surface area contributed by atoms with Gasteiger partial charge in [0.05, 0.1) is 123 Å². The van der Waals surface area contributed by atoms with Gasteiger partial charge in [0.1, 0.15) is 64.3 Å². The number of fused-ring (bicyclic) bond motifs is 17. The molecule has 3 amide bonds. The van der Waals surface area contributed by atoms with Gasteiger partial charge in [-0.1, -0.05) is 113 Å². The third-order valence-electron chi connectivity index (χ3n) is 28.0. The van der Waals surface area contributed by atoms with Crippen molar-refractivity contribution in [2.75, 3.05) is 41.0 Å². The third kappa shape index (κ3) is 23.5. The summed E-state index contributed by atoms with van der Waals surface area (Å²) in [5.74, 6) is -9.46. The first-order valence-corrected chi connectivity index (χ1v) is 45.4. The molecule has 3 aromatic carbocycles. The molecule has 7 fully saturated rings. The van der Waals surface area contributed by atoms with Crippen LogP contribution in [0.2, 0.25) is 0 Å². The summed E-state index contributed by atoms with van der Waals surface area (Å²) in [7, 11) is 4.57. The molecule has 16 rings (SSSR count). The van der Waals surface area contributed by atoms with Gasteiger partial charge in [-0.2, -0.15) is 0 Å². The van der Waals surface area contributed by atoms with E-state index >= 15 is 8.78 Å². The number of nitrogens with zero attached hydrogens (tertiary/aromatic N) is 9. The van der Waals surface area contributed by atoms with Gasteiger partial charge in [0.2, 0.25) is 48.2 Å². The summed E-state index contributed by atoms with van der Waals surface area (Å²) in [5.41, 5.74) is 1.89. The molecule has 6 aliphatic heterocycles. The summed E-state index contributed by atoms with van der Waals surface area (Å²) < 4.78 is 142. The molecule has 27 nitrogen and oxygen atoms in total. The first-order valence-electron chi connectivity index (χ1n) is 45.4. The number of rotatable bonds is 8. The van der Waals surface area contributed by atoms with E-state index in [0.717, 1.165) is 117 Å². The number of aryl methyl sites for hydroxylation is 3. The number of ether oxygens (including phenoxy) is 9. The number of aromatic nitrogens is 6. The van der Waals surface area contributed by atoms with Gasteiger partial charge in [-0.25, -0.2) is 75.1 Å². The number of hydrogen-bond acceptors (Lipinski definition) is 24. The van der Waals surface area contributed by atoms with E-state index in [2.05, 4.69) is 15.0 Å². The van der Waals surface area contributed by atoms with Crippen molar-refractivity contribution >= 4 is 87.6 Å². The summed E-state index contributed by atoms with van der Waals surface area (Å²) in [6.45, 7) is 16.9. The Morgan fingerprint density at radius 3 is 1.23 bits per heavy atom. The van der Waals surface area contributed by atoms with Crippen LogP contribution in [0, 0.1) is 75.4 Å². The first kappa shape index (κ1) is 104. The van der Waals surface area contributed by atoms with Crippen LogP contribution in [0.15, 0.2) is 54.6 Å². The Hall–Kier alpha value is -8.36. The second kappa shape index (κ2) is 42.9. The fourth-order valence-corrected chi connectivity index (χ4v) is 19.9. The van der Waals surface area contributed by atoms with Crippen LogP contribution >= 0.6 is 0 Å². The van der Waals surface area contributed by atoms with E-state index in [9.17, 15) is 60.7 Å². The van der Waals surface area contributed by atoms with E-state index in [1.807, 2.05) is 6.92 Å². The van der Waals surface area contributed by atoms with Crippen LogP contribution in [-0.2, 0) is 132 Å². The summed E-state index contributed by atoms with van der Waals surface area (Å²) in [4.78, 5) is 149. The minimum atomic E-state index is -3.76. The Balaban J connectivity index is 0.000000189. The predicted octanol–water partition coefficient (Wildman–Crippen LogP) is 14.8. The monoisotopic (exact) mass is 1950 g/mol. The zero-order valence-corrected chi connectivity index (χ0v) is 81.1. The number of alkyl halides is 6. The SMILES string of the molecule is COc1ccc2nc3c(nc2c1)O[C@H]1CN(C(=O)[C@H](C(C)(C)C)CC(=O)O[C@@H]2CC4CC4[C@H]2CCCCC3)[C@H]([C-]=O)C1(F)F.COc1ccc2nc3c(nc2c1)O[C@H]1CN(C(=O)[C@H](C(C)(C)C)CC(=O)O[C@@H]2C[C@H]2CCCCC3)[C@H]([C-]=O)[C@@H]1C(F)F.COc1ccc2nc3c(nc2c1)O[C@H]1CN(C(=O)[C@H](C(C)(C)C)CC(=O)O[C@]2(C)C[C@H]2CCCCC3)[C@H]([C-]=O)[C@@H]1C(F)F.[V].[V].[V]. The van der Waals surface area contributed by atoms with Crippen molar-refractivity contribution in [3.63, 3.8) is 0 Å². The van der Waals surface area contributed by atoms with Gasteiger partial charge in [0, 0.05) is 85.8 Å². The maximum absolute atomic E-state index is 15.8. The van der Waals surface area contributed by atoms with E-state index in [4.69, 9.17) is 57.6 Å². The summed E-state index contributed by atoms with van der Waals surface area (Å²) in [5, 5.41) is 0. The van der Waals surface area contributed by atoms with E-state index in [1.165, 1.54) is 27.6 Å².